The number of rotatable bonds is 3. The SMILES string of the molecule is COc1ccc(-n2n[c]cc2-c2ccccn2)nn1. The first kappa shape index (κ1) is 11.3. The maximum atomic E-state index is 4.98. The summed E-state index contributed by atoms with van der Waals surface area (Å²) in [6, 6.07) is 10.9. The summed E-state index contributed by atoms with van der Waals surface area (Å²) < 4.78 is 6.61. The third-order valence-electron chi connectivity index (χ3n) is 2.57. The van der Waals surface area contributed by atoms with Crippen LogP contribution in [0.4, 0.5) is 0 Å². The molecular formula is C13H10N5O. The summed E-state index contributed by atoms with van der Waals surface area (Å²) in [5, 5.41) is 12.1. The van der Waals surface area contributed by atoms with Crippen molar-refractivity contribution in [1.29, 1.82) is 0 Å². The molecule has 0 aliphatic rings. The molecule has 3 heterocycles. The highest BCUT2D eigenvalue weighted by Crippen LogP contribution is 2.18. The van der Waals surface area contributed by atoms with Gasteiger partial charge in [0, 0.05) is 12.3 Å². The zero-order valence-electron chi connectivity index (χ0n) is 10.2. The van der Waals surface area contributed by atoms with Gasteiger partial charge in [-0.2, -0.15) is 5.10 Å². The molecule has 0 saturated heterocycles. The second-order valence-electron chi connectivity index (χ2n) is 3.72. The molecule has 0 saturated carbocycles. The van der Waals surface area contributed by atoms with Crippen LogP contribution in [0.2, 0.25) is 0 Å². The van der Waals surface area contributed by atoms with E-state index in [1.165, 1.54) is 0 Å². The topological polar surface area (TPSA) is 65.7 Å². The summed E-state index contributed by atoms with van der Waals surface area (Å²) in [4.78, 5) is 4.29. The van der Waals surface area contributed by atoms with E-state index >= 15 is 0 Å². The molecule has 0 aromatic carbocycles. The fraction of sp³-hybridized carbons (Fsp3) is 0.0769. The Bertz CT molecular complexity index is 663. The Labute approximate surface area is 109 Å². The van der Waals surface area contributed by atoms with E-state index in [1.54, 1.807) is 36.2 Å². The van der Waals surface area contributed by atoms with Crippen molar-refractivity contribution < 1.29 is 4.74 Å². The van der Waals surface area contributed by atoms with Gasteiger partial charge in [0.25, 0.3) is 0 Å². The van der Waals surface area contributed by atoms with E-state index in [2.05, 4.69) is 26.5 Å². The lowest BCUT2D eigenvalue weighted by atomic mass is 10.3. The summed E-state index contributed by atoms with van der Waals surface area (Å²) >= 11 is 0. The maximum absolute atomic E-state index is 4.98. The van der Waals surface area contributed by atoms with Gasteiger partial charge >= 0.3 is 0 Å². The molecule has 0 bridgehead atoms. The maximum Gasteiger partial charge on any atom is 0.233 e. The average Bonchev–Trinajstić information content (AvgIpc) is 2.98. The molecule has 3 aromatic heterocycles. The van der Waals surface area contributed by atoms with Crippen LogP contribution in [0, 0.1) is 6.20 Å². The van der Waals surface area contributed by atoms with Crippen molar-refractivity contribution in [2.24, 2.45) is 0 Å². The third kappa shape index (κ3) is 2.15. The van der Waals surface area contributed by atoms with Crippen molar-refractivity contribution in [3.05, 3.63) is 48.8 Å². The molecule has 0 atom stereocenters. The normalized spacial score (nSPS) is 10.4. The minimum atomic E-state index is 0.458. The first-order valence-corrected chi connectivity index (χ1v) is 5.64. The summed E-state index contributed by atoms with van der Waals surface area (Å²) in [6.07, 6.45) is 4.53. The Morgan fingerprint density at radius 2 is 2.11 bits per heavy atom. The number of methoxy groups -OCH3 is 1. The van der Waals surface area contributed by atoms with Gasteiger partial charge in [0.1, 0.15) is 6.20 Å². The van der Waals surface area contributed by atoms with Crippen LogP contribution < -0.4 is 4.74 Å². The van der Waals surface area contributed by atoms with Gasteiger partial charge < -0.3 is 4.74 Å². The van der Waals surface area contributed by atoms with Crippen LogP contribution in [0.5, 0.6) is 5.88 Å². The van der Waals surface area contributed by atoms with Crippen LogP contribution in [0.25, 0.3) is 17.2 Å². The molecule has 0 fully saturated rings. The molecule has 0 amide bonds. The van der Waals surface area contributed by atoms with Gasteiger partial charge in [-0.15, -0.1) is 10.2 Å². The minimum absolute atomic E-state index is 0.458. The van der Waals surface area contributed by atoms with E-state index in [9.17, 15) is 0 Å². The van der Waals surface area contributed by atoms with Gasteiger partial charge in [0.05, 0.1) is 18.5 Å². The second kappa shape index (κ2) is 4.85. The van der Waals surface area contributed by atoms with E-state index in [1.807, 2.05) is 18.2 Å². The number of pyridine rings is 1. The van der Waals surface area contributed by atoms with Crippen LogP contribution in [-0.2, 0) is 0 Å². The van der Waals surface area contributed by atoms with Crippen LogP contribution in [-0.4, -0.2) is 32.1 Å². The number of nitrogens with zero attached hydrogens (tertiary/aromatic N) is 5. The van der Waals surface area contributed by atoms with Crippen LogP contribution in [0.3, 0.4) is 0 Å². The van der Waals surface area contributed by atoms with Crippen LogP contribution >= 0.6 is 0 Å². The summed E-state index contributed by atoms with van der Waals surface area (Å²) in [6.45, 7) is 0. The predicted octanol–water partition coefficient (Wildman–Crippen LogP) is 1.53. The lowest BCUT2D eigenvalue weighted by molar-refractivity contribution is 0.391. The highest BCUT2D eigenvalue weighted by molar-refractivity contribution is 5.56. The van der Waals surface area contributed by atoms with E-state index < -0.39 is 0 Å². The number of hydrogen-bond acceptors (Lipinski definition) is 5. The molecule has 0 aliphatic heterocycles. The van der Waals surface area contributed by atoms with Crippen LogP contribution in [0.1, 0.15) is 0 Å². The summed E-state index contributed by atoms with van der Waals surface area (Å²) in [5.74, 6) is 1.04. The molecule has 1 radical (unpaired) electrons. The molecule has 0 aliphatic carbocycles. The quantitative estimate of drug-likeness (QED) is 0.707. The first-order valence-electron chi connectivity index (χ1n) is 5.64. The Hall–Kier alpha value is -2.76. The van der Waals surface area contributed by atoms with E-state index in [-0.39, 0.29) is 0 Å². The van der Waals surface area contributed by atoms with Crippen molar-refractivity contribution >= 4 is 0 Å². The molecule has 93 valence electrons. The average molecular weight is 252 g/mol. The Kier molecular flexibility index (Phi) is 2.89. The van der Waals surface area contributed by atoms with Gasteiger partial charge in [-0.25, -0.2) is 4.68 Å². The van der Waals surface area contributed by atoms with Crippen molar-refractivity contribution in [2.75, 3.05) is 7.11 Å². The molecule has 3 aromatic rings. The highest BCUT2D eigenvalue weighted by Gasteiger charge is 2.10. The third-order valence-corrected chi connectivity index (χ3v) is 2.57. The summed E-state index contributed by atoms with van der Waals surface area (Å²) in [7, 11) is 1.55. The van der Waals surface area contributed by atoms with Gasteiger partial charge in [-0.3, -0.25) is 4.98 Å². The Morgan fingerprint density at radius 1 is 1.16 bits per heavy atom. The standard InChI is InChI=1S/C13H10N5O/c1-19-13-6-5-12(16-17-13)18-11(7-9-15-18)10-4-2-3-8-14-10/h2-8H,1H3. The monoisotopic (exact) mass is 252 g/mol. The van der Waals surface area contributed by atoms with Gasteiger partial charge in [-0.05, 0) is 24.3 Å². The fourth-order valence-electron chi connectivity index (χ4n) is 1.67. The lowest BCUT2D eigenvalue weighted by Crippen LogP contribution is -2.04. The molecule has 19 heavy (non-hydrogen) atoms. The lowest BCUT2D eigenvalue weighted by Gasteiger charge is -2.05. The molecule has 0 spiro atoms. The van der Waals surface area contributed by atoms with E-state index in [0.29, 0.717) is 11.7 Å². The number of hydrogen-bond donors (Lipinski definition) is 0. The molecule has 6 heteroatoms. The minimum Gasteiger partial charge on any atom is -0.480 e. The van der Waals surface area contributed by atoms with Crippen molar-refractivity contribution in [2.45, 2.75) is 0 Å². The molecule has 3 rings (SSSR count). The van der Waals surface area contributed by atoms with Gasteiger partial charge in [0.15, 0.2) is 5.82 Å². The second-order valence-corrected chi connectivity index (χ2v) is 3.72. The fourth-order valence-corrected chi connectivity index (χ4v) is 1.67. The molecule has 6 nitrogen and oxygen atoms in total. The van der Waals surface area contributed by atoms with Crippen molar-refractivity contribution in [1.82, 2.24) is 25.0 Å². The van der Waals surface area contributed by atoms with E-state index in [0.717, 1.165) is 11.4 Å². The van der Waals surface area contributed by atoms with Crippen molar-refractivity contribution in [3.63, 3.8) is 0 Å². The zero-order chi connectivity index (χ0) is 13.1. The first-order chi connectivity index (χ1) is 9.38. The molecular weight excluding hydrogens is 242 g/mol. The van der Waals surface area contributed by atoms with Crippen molar-refractivity contribution in [3.8, 4) is 23.1 Å². The Balaban J connectivity index is 2.04. The predicted molar refractivity (Wildman–Crippen MR) is 67.8 cm³/mol. The van der Waals surface area contributed by atoms with Crippen LogP contribution in [0.15, 0.2) is 42.6 Å². The van der Waals surface area contributed by atoms with Gasteiger partial charge in [0.2, 0.25) is 5.88 Å². The van der Waals surface area contributed by atoms with E-state index in [4.69, 9.17) is 4.74 Å². The summed E-state index contributed by atoms with van der Waals surface area (Å²) in [5.41, 5.74) is 1.61. The molecule has 0 unspecified atom stereocenters. The zero-order valence-corrected chi connectivity index (χ0v) is 10.2. The Morgan fingerprint density at radius 3 is 2.79 bits per heavy atom. The van der Waals surface area contributed by atoms with Gasteiger partial charge in [-0.1, -0.05) is 6.07 Å². The largest absolute Gasteiger partial charge is 0.480 e. The molecule has 0 N–H and O–H groups in total. The highest BCUT2D eigenvalue weighted by atomic mass is 16.5. The smallest absolute Gasteiger partial charge is 0.233 e. The number of ether oxygens (including phenoxy) is 1. The number of aromatic nitrogens is 5.